The molecule has 0 bridgehead atoms. The van der Waals surface area contributed by atoms with E-state index in [1.54, 1.807) is 18.2 Å². The quantitative estimate of drug-likeness (QED) is 0.702. The third-order valence-corrected chi connectivity index (χ3v) is 3.62. The monoisotopic (exact) mass is 368 g/mol. The molecule has 0 aliphatic carbocycles. The molecule has 7 heteroatoms. The first-order valence-electron chi connectivity index (χ1n) is 7.44. The molecule has 128 valence electrons. The number of benzene rings is 2. The number of hydrogen-bond donors (Lipinski definition) is 2. The average Bonchev–Trinajstić information content (AvgIpc) is 2.57. The lowest BCUT2D eigenvalue weighted by Crippen LogP contribution is -2.32. The number of amides is 2. The van der Waals surface area contributed by atoms with E-state index in [1.165, 1.54) is 0 Å². The van der Waals surface area contributed by atoms with Gasteiger partial charge in [0.2, 0.25) is 0 Å². The van der Waals surface area contributed by atoms with E-state index in [-0.39, 0.29) is 0 Å². The maximum Gasteiger partial charge on any atom is 0.319 e. The Morgan fingerprint density at radius 2 is 1.58 bits per heavy atom. The van der Waals surface area contributed by atoms with Gasteiger partial charge in [-0.25, -0.2) is 4.79 Å². The van der Waals surface area contributed by atoms with Crippen molar-refractivity contribution in [3.63, 3.8) is 0 Å². The summed E-state index contributed by atoms with van der Waals surface area (Å²) in [4.78, 5) is 11.8. The number of hydrogen-bond acceptors (Lipinski definition) is 3. The van der Waals surface area contributed by atoms with Crippen LogP contribution in [0.5, 0.6) is 11.5 Å². The van der Waals surface area contributed by atoms with E-state index in [1.807, 2.05) is 31.2 Å². The van der Waals surface area contributed by atoms with Gasteiger partial charge in [-0.05, 0) is 43.3 Å². The fraction of sp³-hybridized carbons (Fsp3) is 0.235. The zero-order valence-corrected chi connectivity index (χ0v) is 14.7. The second-order valence-electron chi connectivity index (χ2n) is 4.73. The Morgan fingerprint density at radius 3 is 2.17 bits per heavy atom. The Hall–Kier alpha value is -2.11. The molecule has 2 rings (SSSR count). The van der Waals surface area contributed by atoms with E-state index < -0.39 is 6.03 Å². The van der Waals surface area contributed by atoms with Crippen LogP contribution in [0.4, 0.5) is 10.5 Å². The maximum atomic E-state index is 11.8. The molecule has 2 N–H and O–H groups in total. The number of carbonyl (C=O) groups is 1. The van der Waals surface area contributed by atoms with Crippen LogP contribution in [-0.4, -0.2) is 25.8 Å². The summed E-state index contributed by atoms with van der Waals surface area (Å²) in [5.41, 5.74) is 0.380. The standard InChI is InChI=1S/C17H18Cl2N2O3/c1-2-23-12-6-8-13(9-7-12)24-11-10-20-17(22)21-16-14(18)4-3-5-15(16)19/h3-9H,2,10-11H2,1H3,(H2,20,21,22). The van der Waals surface area contributed by atoms with Crippen molar-refractivity contribution in [1.82, 2.24) is 5.32 Å². The summed E-state index contributed by atoms with van der Waals surface area (Å²) in [5, 5.41) is 6.04. The van der Waals surface area contributed by atoms with Gasteiger partial charge in [0.05, 0.1) is 28.9 Å². The van der Waals surface area contributed by atoms with Crippen molar-refractivity contribution >= 4 is 34.9 Å². The summed E-state index contributed by atoms with van der Waals surface area (Å²) < 4.78 is 10.9. The molecule has 0 saturated heterocycles. The SMILES string of the molecule is CCOc1ccc(OCCNC(=O)Nc2c(Cl)cccc2Cl)cc1. The minimum Gasteiger partial charge on any atom is -0.494 e. The van der Waals surface area contributed by atoms with Gasteiger partial charge >= 0.3 is 6.03 Å². The van der Waals surface area contributed by atoms with E-state index in [4.69, 9.17) is 32.7 Å². The van der Waals surface area contributed by atoms with Crippen molar-refractivity contribution in [3.8, 4) is 11.5 Å². The van der Waals surface area contributed by atoms with E-state index in [9.17, 15) is 4.79 Å². The molecule has 0 aliphatic heterocycles. The molecule has 24 heavy (non-hydrogen) atoms. The normalized spacial score (nSPS) is 10.1. The minimum atomic E-state index is -0.403. The van der Waals surface area contributed by atoms with E-state index in [0.29, 0.717) is 41.2 Å². The summed E-state index contributed by atoms with van der Waals surface area (Å²) in [6.07, 6.45) is 0. The van der Waals surface area contributed by atoms with Gasteiger partial charge in [0.1, 0.15) is 18.1 Å². The van der Waals surface area contributed by atoms with Crippen LogP contribution in [0, 0.1) is 0 Å². The molecule has 0 heterocycles. The molecule has 0 spiro atoms. The zero-order chi connectivity index (χ0) is 17.4. The van der Waals surface area contributed by atoms with Crippen LogP contribution in [0.2, 0.25) is 10.0 Å². The van der Waals surface area contributed by atoms with Crippen molar-refractivity contribution in [3.05, 3.63) is 52.5 Å². The molecule has 2 aromatic rings. The molecule has 0 aromatic heterocycles. The van der Waals surface area contributed by atoms with Crippen LogP contribution in [0.1, 0.15) is 6.92 Å². The van der Waals surface area contributed by atoms with Crippen LogP contribution < -0.4 is 20.1 Å². The Bertz CT molecular complexity index is 658. The van der Waals surface area contributed by atoms with Crippen molar-refractivity contribution in [2.45, 2.75) is 6.92 Å². The third-order valence-electron chi connectivity index (χ3n) is 2.99. The highest BCUT2D eigenvalue weighted by atomic mass is 35.5. The number of rotatable bonds is 7. The first kappa shape index (κ1) is 18.2. The number of carbonyl (C=O) groups excluding carboxylic acids is 1. The summed E-state index contributed by atoms with van der Waals surface area (Å²) in [5.74, 6) is 1.49. The molecule has 0 atom stereocenters. The molecule has 5 nitrogen and oxygen atoms in total. The molecular formula is C17H18Cl2N2O3. The van der Waals surface area contributed by atoms with Gasteiger partial charge in [-0.15, -0.1) is 0 Å². The number of urea groups is 1. The van der Waals surface area contributed by atoms with Crippen LogP contribution in [0.15, 0.2) is 42.5 Å². The number of nitrogens with one attached hydrogen (secondary N) is 2. The average molecular weight is 369 g/mol. The van der Waals surface area contributed by atoms with Gasteiger partial charge < -0.3 is 20.1 Å². The third kappa shape index (κ3) is 5.51. The Kier molecular flexibility index (Phi) is 7.03. The van der Waals surface area contributed by atoms with Crippen molar-refractivity contribution in [2.24, 2.45) is 0 Å². The van der Waals surface area contributed by atoms with Crippen LogP contribution in [0.25, 0.3) is 0 Å². The highest BCUT2D eigenvalue weighted by Gasteiger charge is 2.08. The van der Waals surface area contributed by atoms with Gasteiger partial charge in [0.25, 0.3) is 0 Å². The molecule has 2 amide bonds. The van der Waals surface area contributed by atoms with Crippen molar-refractivity contribution < 1.29 is 14.3 Å². The zero-order valence-electron chi connectivity index (χ0n) is 13.1. The maximum absolute atomic E-state index is 11.8. The van der Waals surface area contributed by atoms with Gasteiger partial charge in [0, 0.05) is 0 Å². The van der Waals surface area contributed by atoms with Gasteiger partial charge in [0.15, 0.2) is 0 Å². The van der Waals surface area contributed by atoms with Crippen LogP contribution in [-0.2, 0) is 0 Å². The Labute approximate surface area is 150 Å². The number of anilines is 1. The fourth-order valence-electron chi connectivity index (χ4n) is 1.91. The second-order valence-corrected chi connectivity index (χ2v) is 5.54. The van der Waals surface area contributed by atoms with Crippen LogP contribution >= 0.6 is 23.2 Å². The lowest BCUT2D eigenvalue weighted by molar-refractivity contribution is 0.247. The first-order valence-corrected chi connectivity index (χ1v) is 8.20. The topological polar surface area (TPSA) is 59.6 Å². The second kappa shape index (κ2) is 9.25. The molecule has 0 radical (unpaired) electrons. The molecule has 0 fully saturated rings. The van der Waals surface area contributed by atoms with E-state index >= 15 is 0 Å². The molecular weight excluding hydrogens is 351 g/mol. The van der Waals surface area contributed by atoms with Gasteiger partial charge in [-0.2, -0.15) is 0 Å². The molecule has 0 unspecified atom stereocenters. The fourth-order valence-corrected chi connectivity index (χ4v) is 2.40. The largest absolute Gasteiger partial charge is 0.494 e. The lowest BCUT2D eigenvalue weighted by Gasteiger charge is -2.11. The Morgan fingerprint density at radius 1 is 1.00 bits per heavy atom. The first-order chi connectivity index (χ1) is 11.6. The van der Waals surface area contributed by atoms with Crippen molar-refractivity contribution in [1.29, 1.82) is 0 Å². The predicted octanol–water partition coefficient (Wildman–Crippen LogP) is 4.59. The highest BCUT2D eigenvalue weighted by molar-refractivity contribution is 6.39. The number of halogens is 2. The summed E-state index contributed by atoms with van der Waals surface area (Å²) in [6, 6.07) is 11.9. The van der Waals surface area contributed by atoms with E-state index in [0.717, 1.165) is 5.75 Å². The highest BCUT2D eigenvalue weighted by Crippen LogP contribution is 2.29. The number of para-hydroxylation sites is 1. The lowest BCUT2D eigenvalue weighted by atomic mass is 10.3. The smallest absolute Gasteiger partial charge is 0.319 e. The molecule has 0 saturated carbocycles. The van der Waals surface area contributed by atoms with Gasteiger partial charge in [-0.3, -0.25) is 0 Å². The summed E-state index contributed by atoms with van der Waals surface area (Å²) in [6.45, 7) is 3.21. The minimum absolute atomic E-state index is 0.331. The number of ether oxygens (including phenoxy) is 2. The summed E-state index contributed by atoms with van der Waals surface area (Å²) >= 11 is 12.0. The summed E-state index contributed by atoms with van der Waals surface area (Å²) in [7, 11) is 0. The predicted molar refractivity (Wildman–Crippen MR) is 96.6 cm³/mol. The van der Waals surface area contributed by atoms with Crippen molar-refractivity contribution in [2.75, 3.05) is 25.1 Å². The molecule has 0 aliphatic rings. The van der Waals surface area contributed by atoms with Crippen LogP contribution in [0.3, 0.4) is 0 Å². The molecule has 2 aromatic carbocycles. The Balaban J connectivity index is 1.73. The van der Waals surface area contributed by atoms with Gasteiger partial charge in [-0.1, -0.05) is 29.3 Å². The van der Waals surface area contributed by atoms with E-state index in [2.05, 4.69) is 10.6 Å².